The number of benzene rings is 2. The van der Waals surface area contributed by atoms with Gasteiger partial charge in [0, 0.05) is 12.1 Å². The van der Waals surface area contributed by atoms with Gasteiger partial charge in [0.1, 0.15) is 5.82 Å². The molecule has 5 rings (SSSR count). The number of hydrogen-bond donors (Lipinski definition) is 2. The molecule has 2 fully saturated rings. The third-order valence-corrected chi connectivity index (χ3v) is 6.17. The molecule has 2 saturated heterocycles. The molecule has 2 aromatic carbocycles. The van der Waals surface area contributed by atoms with Gasteiger partial charge in [-0.15, -0.1) is 0 Å². The quantitative estimate of drug-likeness (QED) is 0.759. The van der Waals surface area contributed by atoms with Gasteiger partial charge in [0.2, 0.25) is 0 Å². The standard InChI is InChI=1S/C22H25N3O/c26-21-13-17-11-16(10-15-6-2-1-3-7-15)12-20(21)25(17)14-22-23-18-8-4-5-9-19(18)24-22/h1-9,16-17,20-21,26H,10-14H2,(H,23,24)/t16-,17-,20+,21?/m0/s1. The molecule has 0 saturated carbocycles. The number of nitrogens with one attached hydrogen (secondary N) is 1. The van der Waals surface area contributed by atoms with Crippen LogP contribution in [0.2, 0.25) is 0 Å². The van der Waals surface area contributed by atoms with E-state index in [2.05, 4.69) is 46.3 Å². The molecule has 4 heteroatoms. The Hall–Kier alpha value is -2.17. The zero-order valence-corrected chi connectivity index (χ0v) is 14.9. The van der Waals surface area contributed by atoms with Crippen molar-refractivity contribution in [1.82, 2.24) is 14.9 Å². The van der Waals surface area contributed by atoms with Crippen molar-refractivity contribution in [2.24, 2.45) is 5.92 Å². The van der Waals surface area contributed by atoms with Gasteiger partial charge in [-0.25, -0.2) is 4.98 Å². The summed E-state index contributed by atoms with van der Waals surface area (Å²) >= 11 is 0. The topological polar surface area (TPSA) is 52.1 Å². The van der Waals surface area contributed by atoms with Crippen molar-refractivity contribution in [3.05, 3.63) is 66.0 Å². The highest BCUT2D eigenvalue weighted by Crippen LogP contribution is 2.40. The average Bonchev–Trinajstić information content (AvgIpc) is 3.13. The second-order valence-electron chi connectivity index (χ2n) is 7.92. The van der Waals surface area contributed by atoms with E-state index in [4.69, 9.17) is 4.98 Å². The molecule has 4 atom stereocenters. The Morgan fingerprint density at radius 2 is 1.81 bits per heavy atom. The normalized spacial score (nSPS) is 28.7. The summed E-state index contributed by atoms with van der Waals surface area (Å²) in [7, 11) is 0. The Balaban J connectivity index is 1.32. The lowest BCUT2D eigenvalue weighted by molar-refractivity contribution is 0.0537. The Labute approximate surface area is 153 Å². The molecule has 2 aliphatic rings. The fourth-order valence-electron chi connectivity index (χ4n) is 5.02. The number of para-hydroxylation sites is 2. The number of aliphatic hydroxyl groups is 1. The van der Waals surface area contributed by atoms with Gasteiger partial charge < -0.3 is 10.1 Å². The zero-order valence-electron chi connectivity index (χ0n) is 14.9. The highest BCUT2D eigenvalue weighted by Gasteiger charge is 2.46. The fourth-order valence-corrected chi connectivity index (χ4v) is 5.02. The van der Waals surface area contributed by atoms with E-state index < -0.39 is 0 Å². The summed E-state index contributed by atoms with van der Waals surface area (Å²) < 4.78 is 0. The lowest BCUT2D eigenvalue weighted by Crippen LogP contribution is -2.45. The van der Waals surface area contributed by atoms with Crippen molar-refractivity contribution in [3.63, 3.8) is 0 Å². The number of hydrogen-bond acceptors (Lipinski definition) is 3. The van der Waals surface area contributed by atoms with Crippen LogP contribution in [0.25, 0.3) is 11.0 Å². The number of rotatable bonds is 4. The van der Waals surface area contributed by atoms with Crippen LogP contribution in [0.1, 0.15) is 30.7 Å². The zero-order chi connectivity index (χ0) is 17.5. The van der Waals surface area contributed by atoms with Crippen LogP contribution in [0.4, 0.5) is 0 Å². The number of piperidine rings is 1. The summed E-state index contributed by atoms with van der Waals surface area (Å²) in [6.07, 6.45) is 4.06. The van der Waals surface area contributed by atoms with E-state index in [1.165, 1.54) is 12.0 Å². The summed E-state index contributed by atoms with van der Waals surface area (Å²) in [6.45, 7) is 0.805. The van der Waals surface area contributed by atoms with Crippen LogP contribution >= 0.6 is 0 Å². The van der Waals surface area contributed by atoms with Crippen molar-refractivity contribution < 1.29 is 5.11 Å². The van der Waals surface area contributed by atoms with Gasteiger partial charge in [0.05, 0.1) is 23.7 Å². The molecule has 0 radical (unpaired) electrons. The summed E-state index contributed by atoms with van der Waals surface area (Å²) in [6, 6.07) is 19.7. The fraction of sp³-hybridized carbons (Fsp3) is 0.409. The predicted molar refractivity (Wildman–Crippen MR) is 103 cm³/mol. The van der Waals surface area contributed by atoms with E-state index in [1.807, 2.05) is 18.2 Å². The summed E-state index contributed by atoms with van der Waals surface area (Å²) in [5.41, 5.74) is 3.53. The van der Waals surface area contributed by atoms with Gasteiger partial charge in [-0.2, -0.15) is 0 Å². The van der Waals surface area contributed by atoms with Gasteiger partial charge in [0.15, 0.2) is 0 Å². The van der Waals surface area contributed by atoms with Gasteiger partial charge in [-0.3, -0.25) is 4.90 Å². The Bertz CT molecular complexity index is 858. The molecule has 3 heterocycles. The van der Waals surface area contributed by atoms with Crippen LogP contribution in [-0.2, 0) is 13.0 Å². The molecule has 0 aliphatic carbocycles. The first-order valence-electron chi connectivity index (χ1n) is 9.67. The van der Waals surface area contributed by atoms with Crippen LogP contribution in [0.3, 0.4) is 0 Å². The third-order valence-electron chi connectivity index (χ3n) is 6.17. The smallest absolute Gasteiger partial charge is 0.121 e. The largest absolute Gasteiger partial charge is 0.391 e. The van der Waals surface area contributed by atoms with Crippen molar-refractivity contribution in [2.75, 3.05) is 0 Å². The molecular formula is C22H25N3O. The van der Waals surface area contributed by atoms with E-state index in [0.29, 0.717) is 12.0 Å². The highest BCUT2D eigenvalue weighted by atomic mass is 16.3. The maximum Gasteiger partial charge on any atom is 0.121 e. The van der Waals surface area contributed by atoms with Crippen LogP contribution in [0.5, 0.6) is 0 Å². The second kappa shape index (κ2) is 6.53. The van der Waals surface area contributed by atoms with Crippen LogP contribution in [0.15, 0.2) is 54.6 Å². The molecule has 3 aromatic rings. The molecule has 2 N–H and O–H groups in total. The van der Waals surface area contributed by atoms with Gasteiger partial charge in [-0.05, 0) is 49.3 Å². The minimum Gasteiger partial charge on any atom is -0.391 e. The lowest BCUT2D eigenvalue weighted by Gasteiger charge is -2.38. The molecule has 0 spiro atoms. The number of H-pyrrole nitrogens is 1. The van der Waals surface area contributed by atoms with Crippen LogP contribution < -0.4 is 0 Å². The minimum atomic E-state index is -0.204. The SMILES string of the molecule is OC1C[C@@H]2C[C@H](Cc3ccccc3)C[C@H]1N2Cc1nc2ccccc2[nH]1. The van der Waals surface area contributed by atoms with Gasteiger partial charge in [0.25, 0.3) is 0 Å². The second-order valence-corrected chi connectivity index (χ2v) is 7.92. The number of imidazole rings is 1. The van der Waals surface area contributed by atoms with E-state index >= 15 is 0 Å². The number of aromatic amines is 1. The minimum absolute atomic E-state index is 0.204. The molecule has 2 bridgehead atoms. The first-order valence-corrected chi connectivity index (χ1v) is 9.67. The molecule has 0 amide bonds. The highest BCUT2D eigenvalue weighted by molar-refractivity contribution is 5.74. The summed E-state index contributed by atoms with van der Waals surface area (Å²) in [5, 5.41) is 10.6. The Morgan fingerprint density at radius 3 is 2.62 bits per heavy atom. The first-order chi connectivity index (χ1) is 12.8. The van der Waals surface area contributed by atoms with Crippen molar-refractivity contribution in [1.29, 1.82) is 0 Å². The monoisotopic (exact) mass is 347 g/mol. The van der Waals surface area contributed by atoms with E-state index in [1.54, 1.807) is 0 Å². The average molecular weight is 347 g/mol. The lowest BCUT2D eigenvalue weighted by atomic mass is 9.85. The first kappa shape index (κ1) is 16.0. The van der Waals surface area contributed by atoms with Crippen molar-refractivity contribution >= 4 is 11.0 Å². The van der Waals surface area contributed by atoms with Gasteiger partial charge >= 0.3 is 0 Å². The molecule has 26 heavy (non-hydrogen) atoms. The summed E-state index contributed by atoms with van der Waals surface area (Å²) in [5.74, 6) is 1.67. The summed E-state index contributed by atoms with van der Waals surface area (Å²) in [4.78, 5) is 10.7. The molecule has 1 aromatic heterocycles. The molecule has 1 unspecified atom stereocenters. The molecule has 134 valence electrons. The molecule has 4 nitrogen and oxygen atoms in total. The maximum absolute atomic E-state index is 10.6. The Morgan fingerprint density at radius 1 is 1.00 bits per heavy atom. The predicted octanol–water partition coefficient (Wildman–Crippen LogP) is 3.52. The number of aliphatic hydroxyl groups excluding tert-OH is 1. The van der Waals surface area contributed by atoms with Crippen LogP contribution in [-0.4, -0.2) is 38.2 Å². The van der Waals surface area contributed by atoms with Crippen LogP contribution in [0, 0.1) is 5.92 Å². The Kier molecular flexibility index (Phi) is 4.03. The van der Waals surface area contributed by atoms with E-state index in [-0.39, 0.29) is 12.1 Å². The number of aromatic nitrogens is 2. The third kappa shape index (κ3) is 2.93. The number of nitrogens with zero attached hydrogens (tertiary/aromatic N) is 2. The van der Waals surface area contributed by atoms with E-state index in [9.17, 15) is 5.11 Å². The van der Waals surface area contributed by atoms with Crippen molar-refractivity contribution in [2.45, 2.75) is 50.4 Å². The maximum atomic E-state index is 10.6. The van der Waals surface area contributed by atoms with E-state index in [0.717, 1.165) is 42.7 Å². The van der Waals surface area contributed by atoms with Gasteiger partial charge in [-0.1, -0.05) is 42.5 Å². The molecule has 2 aliphatic heterocycles. The van der Waals surface area contributed by atoms with Crippen molar-refractivity contribution in [3.8, 4) is 0 Å². The number of fused-ring (bicyclic) bond motifs is 3. The molecular weight excluding hydrogens is 322 g/mol.